The first-order valence-electron chi connectivity index (χ1n) is 8.87. The van der Waals surface area contributed by atoms with Crippen LogP contribution in [0.3, 0.4) is 0 Å². The van der Waals surface area contributed by atoms with Gasteiger partial charge in [0, 0.05) is 36.1 Å². The van der Waals surface area contributed by atoms with Crippen LogP contribution in [0.15, 0.2) is 24.4 Å². The molecule has 0 radical (unpaired) electrons. The third kappa shape index (κ3) is 2.41. The molecule has 2 aromatic heterocycles. The molecule has 4 rings (SSSR count). The Balaban J connectivity index is 1.87. The van der Waals surface area contributed by atoms with Crippen LogP contribution in [0.25, 0.3) is 21.8 Å². The van der Waals surface area contributed by atoms with Gasteiger partial charge in [-0.1, -0.05) is 19.3 Å². The molecule has 0 atom stereocenters. The Morgan fingerprint density at radius 1 is 1.17 bits per heavy atom. The lowest BCUT2D eigenvalue weighted by Gasteiger charge is -2.25. The Morgan fingerprint density at radius 3 is 2.71 bits per heavy atom. The van der Waals surface area contributed by atoms with Crippen LogP contribution in [-0.2, 0) is 7.05 Å². The normalized spacial score (nSPS) is 16.0. The summed E-state index contributed by atoms with van der Waals surface area (Å²) in [5.41, 5.74) is 4.56. The van der Waals surface area contributed by atoms with E-state index in [1.54, 1.807) is 7.11 Å². The number of hydrogen-bond acceptors (Lipinski definition) is 3. The number of fused-ring (bicyclic) bond motifs is 3. The Labute approximate surface area is 142 Å². The average molecular weight is 323 g/mol. The molecule has 24 heavy (non-hydrogen) atoms. The lowest BCUT2D eigenvalue weighted by atomic mass is 9.95. The van der Waals surface area contributed by atoms with E-state index in [1.807, 2.05) is 6.20 Å². The summed E-state index contributed by atoms with van der Waals surface area (Å²) in [6, 6.07) is 7.08. The van der Waals surface area contributed by atoms with Gasteiger partial charge < -0.3 is 14.6 Å². The van der Waals surface area contributed by atoms with Gasteiger partial charge in [0.1, 0.15) is 5.75 Å². The molecule has 1 aliphatic rings. The fourth-order valence-electron chi connectivity index (χ4n) is 4.13. The highest BCUT2D eigenvalue weighted by molar-refractivity contribution is 6.10. The molecule has 4 heteroatoms. The predicted octanol–water partition coefficient (Wildman–Crippen LogP) is 4.79. The zero-order valence-corrected chi connectivity index (χ0v) is 14.7. The van der Waals surface area contributed by atoms with Gasteiger partial charge in [-0.2, -0.15) is 0 Å². The summed E-state index contributed by atoms with van der Waals surface area (Å²) in [5.74, 6) is 0.921. The van der Waals surface area contributed by atoms with E-state index in [4.69, 9.17) is 4.74 Å². The number of anilines is 1. The van der Waals surface area contributed by atoms with Crippen LogP contribution in [0.5, 0.6) is 5.75 Å². The lowest BCUT2D eigenvalue weighted by Crippen LogP contribution is -2.22. The van der Waals surface area contributed by atoms with Crippen molar-refractivity contribution in [2.24, 2.45) is 7.05 Å². The zero-order chi connectivity index (χ0) is 16.7. The third-order valence-electron chi connectivity index (χ3n) is 5.38. The van der Waals surface area contributed by atoms with Crippen LogP contribution < -0.4 is 10.1 Å². The minimum Gasteiger partial charge on any atom is -0.495 e. The number of benzene rings is 1. The van der Waals surface area contributed by atoms with E-state index in [0.29, 0.717) is 6.04 Å². The van der Waals surface area contributed by atoms with Crippen molar-refractivity contribution in [3.63, 3.8) is 0 Å². The summed E-state index contributed by atoms with van der Waals surface area (Å²) < 4.78 is 7.91. The highest BCUT2D eigenvalue weighted by Gasteiger charge is 2.18. The molecule has 126 valence electrons. The van der Waals surface area contributed by atoms with Crippen molar-refractivity contribution in [3.05, 3.63) is 30.1 Å². The quantitative estimate of drug-likeness (QED) is 0.753. The molecule has 0 unspecified atom stereocenters. The van der Waals surface area contributed by atoms with E-state index in [0.717, 1.165) is 17.1 Å². The predicted molar refractivity (Wildman–Crippen MR) is 100 cm³/mol. The Kier molecular flexibility index (Phi) is 3.83. The van der Waals surface area contributed by atoms with Crippen LogP contribution in [0.2, 0.25) is 0 Å². The molecule has 1 aliphatic carbocycles. The molecular formula is C20H25N3O. The first-order valence-corrected chi connectivity index (χ1v) is 8.87. The number of nitrogens with one attached hydrogen (secondary N) is 1. The lowest BCUT2D eigenvalue weighted by molar-refractivity contribution is 0.413. The summed E-state index contributed by atoms with van der Waals surface area (Å²) in [7, 11) is 3.86. The van der Waals surface area contributed by atoms with Crippen molar-refractivity contribution in [1.29, 1.82) is 0 Å². The summed E-state index contributed by atoms with van der Waals surface area (Å²) in [6.07, 6.45) is 8.40. The molecule has 1 aromatic carbocycles. The first kappa shape index (κ1) is 15.3. The number of methoxy groups -OCH3 is 1. The molecule has 1 saturated carbocycles. The van der Waals surface area contributed by atoms with Crippen LogP contribution in [0.1, 0.15) is 37.8 Å². The number of aryl methyl sites for hydroxylation is 2. The van der Waals surface area contributed by atoms with E-state index in [2.05, 4.69) is 47.0 Å². The molecule has 1 N–H and O–H groups in total. The average Bonchev–Trinajstić information content (AvgIpc) is 2.88. The molecule has 2 heterocycles. The summed E-state index contributed by atoms with van der Waals surface area (Å²) in [4.78, 5) is 4.45. The van der Waals surface area contributed by atoms with E-state index in [-0.39, 0.29) is 0 Å². The standard InChI is InChI=1S/C20H25N3O/c1-13-20-15(9-10-21-13)16-11-17(22-14-7-5-4-6-8-14)19(24-3)12-18(16)23(20)2/h9-12,14,22H,4-8H2,1-3H3. The van der Waals surface area contributed by atoms with Crippen LogP contribution in [0, 0.1) is 6.92 Å². The number of hydrogen-bond donors (Lipinski definition) is 1. The molecule has 0 spiro atoms. The minimum absolute atomic E-state index is 0.559. The van der Waals surface area contributed by atoms with Crippen LogP contribution >= 0.6 is 0 Å². The van der Waals surface area contributed by atoms with Gasteiger partial charge in [-0.05, 0) is 31.9 Å². The SMILES string of the molecule is COc1cc2c(cc1NC1CCCCC1)c1ccnc(C)c1n2C. The maximum Gasteiger partial charge on any atom is 0.144 e. The number of rotatable bonds is 3. The van der Waals surface area contributed by atoms with Gasteiger partial charge in [-0.15, -0.1) is 0 Å². The van der Waals surface area contributed by atoms with E-state index >= 15 is 0 Å². The number of aromatic nitrogens is 2. The molecule has 0 aliphatic heterocycles. The van der Waals surface area contributed by atoms with Crippen molar-refractivity contribution in [1.82, 2.24) is 9.55 Å². The van der Waals surface area contributed by atoms with Crippen LogP contribution in [0.4, 0.5) is 5.69 Å². The number of ether oxygens (including phenoxy) is 1. The highest BCUT2D eigenvalue weighted by Crippen LogP contribution is 2.37. The molecule has 0 bridgehead atoms. The Morgan fingerprint density at radius 2 is 1.96 bits per heavy atom. The summed E-state index contributed by atoms with van der Waals surface area (Å²) in [5, 5.41) is 6.25. The minimum atomic E-state index is 0.559. The highest BCUT2D eigenvalue weighted by atomic mass is 16.5. The Bertz CT molecular complexity index is 891. The smallest absolute Gasteiger partial charge is 0.144 e. The number of pyridine rings is 1. The molecule has 0 saturated heterocycles. The third-order valence-corrected chi connectivity index (χ3v) is 5.38. The largest absolute Gasteiger partial charge is 0.495 e. The van der Waals surface area contributed by atoms with Crippen molar-refractivity contribution in [2.75, 3.05) is 12.4 Å². The van der Waals surface area contributed by atoms with E-state index in [1.165, 1.54) is 53.9 Å². The molecule has 0 amide bonds. The monoisotopic (exact) mass is 323 g/mol. The second-order valence-corrected chi connectivity index (χ2v) is 6.90. The van der Waals surface area contributed by atoms with Gasteiger partial charge in [0.25, 0.3) is 0 Å². The van der Waals surface area contributed by atoms with Crippen molar-refractivity contribution >= 4 is 27.5 Å². The second kappa shape index (κ2) is 6.00. The van der Waals surface area contributed by atoms with Crippen molar-refractivity contribution in [2.45, 2.75) is 45.1 Å². The van der Waals surface area contributed by atoms with Gasteiger partial charge in [-0.25, -0.2) is 0 Å². The van der Waals surface area contributed by atoms with Gasteiger partial charge in [-0.3, -0.25) is 4.98 Å². The number of nitrogens with zero attached hydrogens (tertiary/aromatic N) is 2. The molecule has 3 aromatic rings. The summed E-state index contributed by atoms with van der Waals surface area (Å²) >= 11 is 0. The van der Waals surface area contributed by atoms with E-state index < -0.39 is 0 Å². The molecule has 4 nitrogen and oxygen atoms in total. The maximum atomic E-state index is 5.68. The maximum absolute atomic E-state index is 5.68. The zero-order valence-electron chi connectivity index (χ0n) is 14.7. The van der Waals surface area contributed by atoms with Gasteiger partial charge in [0.2, 0.25) is 0 Å². The fraction of sp³-hybridized carbons (Fsp3) is 0.450. The topological polar surface area (TPSA) is 39.1 Å². The van der Waals surface area contributed by atoms with Gasteiger partial charge >= 0.3 is 0 Å². The Hall–Kier alpha value is -2.23. The van der Waals surface area contributed by atoms with Crippen LogP contribution in [-0.4, -0.2) is 22.7 Å². The van der Waals surface area contributed by atoms with Gasteiger partial charge in [0.05, 0.1) is 29.5 Å². The van der Waals surface area contributed by atoms with Gasteiger partial charge in [0.15, 0.2) is 0 Å². The van der Waals surface area contributed by atoms with Crippen molar-refractivity contribution in [3.8, 4) is 5.75 Å². The second-order valence-electron chi connectivity index (χ2n) is 6.90. The fourth-order valence-corrected chi connectivity index (χ4v) is 4.13. The molecular weight excluding hydrogens is 298 g/mol. The van der Waals surface area contributed by atoms with E-state index in [9.17, 15) is 0 Å². The summed E-state index contributed by atoms with van der Waals surface area (Å²) in [6.45, 7) is 2.07. The first-order chi connectivity index (χ1) is 11.7. The van der Waals surface area contributed by atoms with Crippen molar-refractivity contribution < 1.29 is 4.74 Å². The molecule has 1 fully saturated rings.